The zero-order chi connectivity index (χ0) is 16.9. The van der Waals surface area contributed by atoms with Gasteiger partial charge in [0.1, 0.15) is 5.75 Å². The van der Waals surface area contributed by atoms with Crippen molar-refractivity contribution in [2.75, 3.05) is 18.5 Å². The number of para-hydroxylation sites is 1. The van der Waals surface area contributed by atoms with Crippen molar-refractivity contribution < 1.29 is 14.3 Å². The average molecular weight is 324 g/mol. The number of nitrogens with one attached hydrogen (secondary N) is 2. The maximum Gasteiger partial charge on any atom is 0.257 e. The quantitative estimate of drug-likeness (QED) is 0.858. The largest absolute Gasteiger partial charge is 0.484 e. The lowest BCUT2D eigenvalue weighted by Gasteiger charge is -2.10. The van der Waals surface area contributed by atoms with Crippen LogP contribution in [0, 0.1) is 6.92 Å². The highest BCUT2D eigenvalue weighted by Gasteiger charge is 2.29. The van der Waals surface area contributed by atoms with Crippen LogP contribution in [0.5, 0.6) is 5.75 Å². The molecule has 0 fully saturated rings. The number of carbonyl (C=O) groups excluding carboxylic acids is 2. The van der Waals surface area contributed by atoms with Gasteiger partial charge in [-0.25, -0.2) is 0 Å². The zero-order valence-corrected chi connectivity index (χ0v) is 13.5. The number of hydrogen-bond donors (Lipinski definition) is 2. The van der Waals surface area contributed by atoms with Gasteiger partial charge in [-0.3, -0.25) is 9.59 Å². The number of rotatable bonds is 6. The van der Waals surface area contributed by atoms with Gasteiger partial charge in [-0.2, -0.15) is 0 Å². The molecule has 0 aromatic heterocycles. The van der Waals surface area contributed by atoms with Crippen molar-refractivity contribution in [3.63, 3.8) is 0 Å². The third-order valence-electron chi connectivity index (χ3n) is 4.06. The van der Waals surface area contributed by atoms with Crippen LogP contribution in [-0.2, 0) is 9.59 Å². The number of fused-ring (bicyclic) bond motifs is 1. The SMILES string of the molecule is Cc1ccc(OCC(=O)NCCC2C(=O)Nc3ccccc32)cc1. The highest BCUT2D eigenvalue weighted by molar-refractivity contribution is 6.02. The van der Waals surface area contributed by atoms with Crippen molar-refractivity contribution in [1.82, 2.24) is 5.32 Å². The Morgan fingerprint density at radius 3 is 2.71 bits per heavy atom. The number of ether oxygens (including phenoxy) is 1. The van der Waals surface area contributed by atoms with Crippen LogP contribution in [0.4, 0.5) is 5.69 Å². The molecule has 0 bridgehead atoms. The van der Waals surface area contributed by atoms with Gasteiger partial charge in [0.2, 0.25) is 5.91 Å². The Morgan fingerprint density at radius 2 is 1.92 bits per heavy atom. The van der Waals surface area contributed by atoms with Gasteiger partial charge in [0.25, 0.3) is 5.91 Å². The maximum absolute atomic E-state index is 12.0. The zero-order valence-electron chi connectivity index (χ0n) is 13.5. The number of hydrogen-bond acceptors (Lipinski definition) is 3. The summed E-state index contributed by atoms with van der Waals surface area (Å²) in [6.45, 7) is 2.40. The first-order chi connectivity index (χ1) is 11.6. The molecular formula is C19H20N2O3. The van der Waals surface area contributed by atoms with E-state index in [2.05, 4.69) is 10.6 Å². The van der Waals surface area contributed by atoms with Gasteiger partial charge in [0.15, 0.2) is 6.61 Å². The van der Waals surface area contributed by atoms with Crippen LogP contribution < -0.4 is 15.4 Å². The minimum atomic E-state index is -0.209. The van der Waals surface area contributed by atoms with Crippen LogP contribution in [0.25, 0.3) is 0 Å². The average Bonchev–Trinajstić information content (AvgIpc) is 2.90. The van der Waals surface area contributed by atoms with Crippen molar-refractivity contribution in [1.29, 1.82) is 0 Å². The van der Waals surface area contributed by atoms with Gasteiger partial charge in [-0.15, -0.1) is 0 Å². The topological polar surface area (TPSA) is 67.4 Å². The lowest BCUT2D eigenvalue weighted by molar-refractivity contribution is -0.123. The van der Waals surface area contributed by atoms with Gasteiger partial charge in [-0.05, 0) is 37.1 Å². The Hall–Kier alpha value is -2.82. The van der Waals surface area contributed by atoms with E-state index in [9.17, 15) is 9.59 Å². The van der Waals surface area contributed by atoms with E-state index in [0.717, 1.165) is 16.8 Å². The van der Waals surface area contributed by atoms with Crippen LogP contribution >= 0.6 is 0 Å². The molecule has 5 heteroatoms. The molecule has 0 spiro atoms. The van der Waals surface area contributed by atoms with Crippen LogP contribution in [0.15, 0.2) is 48.5 Å². The molecule has 0 saturated carbocycles. The molecule has 2 N–H and O–H groups in total. The summed E-state index contributed by atoms with van der Waals surface area (Å²) in [7, 11) is 0. The van der Waals surface area contributed by atoms with E-state index in [0.29, 0.717) is 18.7 Å². The minimum Gasteiger partial charge on any atom is -0.484 e. The van der Waals surface area contributed by atoms with Crippen molar-refractivity contribution in [2.24, 2.45) is 0 Å². The predicted octanol–water partition coefficient (Wildman–Crippen LogP) is 2.62. The van der Waals surface area contributed by atoms with E-state index in [4.69, 9.17) is 4.74 Å². The third-order valence-corrected chi connectivity index (χ3v) is 4.06. The summed E-state index contributed by atoms with van der Waals surface area (Å²) in [5.41, 5.74) is 3.00. The molecule has 124 valence electrons. The molecule has 0 radical (unpaired) electrons. The van der Waals surface area contributed by atoms with Crippen molar-refractivity contribution in [3.05, 3.63) is 59.7 Å². The van der Waals surface area contributed by atoms with Crippen molar-refractivity contribution in [3.8, 4) is 5.75 Å². The van der Waals surface area contributed by atoms with Crippen LogP contribution in [0.1, 0.15) is 23.5 Å². The predicted molar refractivity (Wildman–Crippen MR) is 92.1 cm³/mol. The van der Waals surface area contributed by atoms with E-state index in [1.165, 1.54) is 0 Å². The first kappa shape index (κ1) is 16.1. The third kappa shape index (κ3) is 3.74. The Balaban J connectivity index is 1.44. The first-order valence-electron chi connectivity index (χ1n) is 7.99. The number of amides is 2. The summed E-state index contributed by atoms with van der Waals surface area (Å²) in [4.78, 5) is 23.8. The van der Waals surface area contributed by atoms with Crippen LogP contribution in [0.3, 0.4) is 0 Å². The summed E-state index contributed by atoms with van der Waals surface area (Å²) in [6.07, 6.45) is 0.569. The second-order valence-electron chi connectivity index (χ2n) is 5.87. The first-order valence-corrected chi connectivity index (χ1v) is 7.99. The molecule has 0 aliphatic carbocycles. The lowest BCUT2D eigenvalue weighted by atomic mass is 9.97. The van der Waals surface area contributed by atoms with E-state index in [1.807, 2.05) is 55.5 Å². The van der Waals surface area contributed by atoms with Gasteiger partial charge >= 0.3 is 0 Å². The van der Waals surface area contributed by atoms with Crippen molar-refractivity contribution in [2.45, 2.75) is 19.3 Å². The van der Waals surface area contributed by atoms with Gasteiger partial charge in [-0.1, -0.05) is 35.9 Å². The lowest BCUT2D eigenvalue weighted by Crippen LogP contribution is -2.31. The van der Waals surface area contributed by atoms with E-state index in [-0.39, 0.29) is 24.3 Å². The highest BCUT2D eigenvalue weighted by Crippen LogP contribution is 2.33. The second kappa shape index (κ2) is 7.17. The summed E-state index contributed by atoms with van der Waals surface area (Å²) in [6, 6.07) is 15.2. The molecule has 2 aromatic carbocycles. The fourth-order valence-electron chi connectivity index (χ4n) is 2.75. The Kier molecular flexibility index (Phi) is 4.79. The molecule has 1 aliphatic heterocycles. The molecule has 1 atom stereocenters. The van der Waals surface area contributed by atoms with Crippen LogP contribution in [-0.4, -0.2) is 25.0 Å². The fourth-order valence-corrected chi connectivity index (χ4v) is 2.75. The number of anilines is 1. The second-order valence-corrected chi connectivity index (χ2v) is 5.87. The van der Waals surface area contributed by atoms with Gasteiger partial charge in [0, 0.05) is 12.2 Å². The number of carbonyl (C=O) groups is 2. The Bertz CT molecular complexity index is 741. The summed E-state index contributed by atoms with van der Waals surface area (Å²) >= 11 is 0. The smallest absolute Gasteiger partial charge is 0.257 e. The summed E-state index contributed by atoms with van der Waals surface area (Å²) in [5, 5.41) is 5.66. The molecule has 24 heavy (non-hydrogen) atoms. The molecule has 1 unspecified atom stereocenters. The summed E-state index contributed by atoms with van der Waals surface area (Å²) < 4.78 is 5.43. The molecule has 1 aliphatic rings. The highest BCUT2D eigenvalue weighted by atomic mass is 16.5. The minimum absolute atomic E-state index is 0.0126. The molecule has 5 nitrogen and oxygen atoms in total. The summed E-state index contributed by atoms with van der Waals surface area (Å²) in [5.74, 6) is 0.253. The number of benzene rings is 2. The van der Waals surface area contributed by atoms with Gasteiger partial charge in [0.05, 0.1) is 5.92 Å². The molecule has 1 heterocycles. The van der Waals surface area contributed by atoms with Crippen molar-refractivity contribution >= 4 is 17.5 Å². The normalized spacial score (nSPS) is 15.5. The monoisotopic (exact) mass is 324 g/mol. The van der Waals surface area contributed by atoms with E-state index in [1.54, 1.807) is 0 Å². The molecule has 2 amide bonds. The molecule has 2 aromatic rings. The molecular weight excluding hydrogens is 304 g/mol. The standard InChI is InChI=1S/C19H20N2O3/c1-13-6-8-14(9-7-13)24-12-18(22)20-11-10-16-15-4-2-3-5-17(15)21-19(16)23/h2-9,16H,10-12H2,1H3,(H,20,22)(H,21,23). The van der Waals surface area contributed by atoms with Crippen LogP contribution in [0.2, 0.25) is 0 Å². The molecule has 0 saturated heterocycles. The molecule has 3 rings (SSSR count). The Morgan fingerprint density at radius 1 is 1.17 bits per heavy atom. The van der Waals surface area contributed by atoms with E-state index < -0.39 is 0 Å². The Labute approximate surface area is 141 Å². The van der Waals surface area contributed by atoms with Gasteiger partial charge < -0.3 is 15.4 Å². The van der Waals surface area contributed by atoms with E-state index >= 15 is 0 Å². The maximum atomic E-state index is 12.0. The fraction of sp³-hybridized carbons (Fsp3) is 0.263. The number of aryl methyl sites for hydroxylation is 1.